The highest BCUT2D eigenvalue weighted by Crippen LogP contribution is 2.57. The molecule has 2 fully saturated rings. The third kappa shape index (κ3) is 3.17. The molecule has 2 aromatic carbocycles. The lowest BCUT2D eigenvalue weighted by Crippen LogP contribution is -2.41. The Balaban J connectivity index is 1.67. The highest BCUT2D eigenvalue weighted by molar-refractivity contribution is 7.39. The molecule has 1 aliphatic carbocycles. The molecule has 4 rings (SSSR count). The van der Waals surface area contributed by atoms with Gasteiger partial charge >= 0.3 is 0 Å². The van der Waals surface area contributed by atoms with Crippen LogP contribution in [0.15, 0.2) is 60.7 Å². The zero-order chi connectivity index (χ0) is 18.1. The van der Waals surface area contributed by atoms with Gasteiger partial charge in [-0.2, -0.15) is 0 Å². The van der Waals surface area contributed by atoms with E-state index in [9.17, 15) is 4.57 Å². The van der Waals surface area contributed by atoms with Gasteiger partial charge < -0.3 is 0 Å². The van der Waals surface area contributed by atoms with Crippen molar-refractivity contribution in [3.05, 3.63) is 71.8 Å². The first-order valence-electron chi connectivity index (χ1n) is 9.89. The maximum absolute atomic E-state index is 13.7. The van der Waals surface area contributed by atoms with E-state index in [4.69, 9.17) is 0 Å². The van der Waals surface area contributed by atoms with Crippen LogP contribution in [-0.2, 0) is 4.57 Å². The summed E-state index contributed by atoms with van der Waals surface area (Å²) in [5, 5.41) is 0. The highest BCUT2D eigenvalue weighted by atomic mass is 31.1. The Hall–Kier alpha value is -1.41. The standard InChI is InChI=1S/C22H29N2OP/c1-17(19-11-5-3-6-12-19)23-21-15-9-10-16-22(21)24(26(23)25)18(2)20-13-7-4-8-14-20/h3-8,11-14,17-18,21-22,26H,9-10,15-16H2,1-2H3/t17-,18-,21+,22+/m0/s1. The third-order valence-corrected chi connectivity index (χ3v) is 8.57. The van der Waals surface area contributed by atoms with Gasteiger partial charge in [0.1, 0.15) is 0 Å². The van der Waals surface area contributed by atoms with E-state index in [0.29, 0.717) is 12.1 Å². The summed E-state index contributed by atoms with van der Waals surface area (Å²) in [6.07, 6.45) is 4.83. The second kappa shape index (κ2) is 7.68. The number of benzene rings is 2. The van der Waals surface area contributed by atoms with Gasteiger partial charge in [-0.15, -0.1) is 0 Å². The Morgan fingerprint density at radius 1 is 0.769 bits per heavy atom. The first-order valence-corrected chi connectivity index (χ1v) is 11.2. The monoisotopic (exact) mass is 368 g/mol. The van der Waals surface area contributed by atoms with Gasteiger partial charge in [0.05, 0.1) is 0 Å². The second-order valence-electron chi connectivity index (χ2n) is 7.69. The molecule has 4 heteroatoms. The van der Waals surface area contributed by atoms with E-state index in [1.165, 1.54) is 24.0 Å². The number of fused-ring (bicyclic) bond motifs is 1. The summed E-state index contributed by atoms with van der Waals surface area (Å²) in [6.45, 7) is 4.44. The van der Waals surface area contributed by atoms with Gasteiger partial charge in [0.25, 0.3) is 0 Å². The van der Waals surface area contributed by atoms with Gasteiger partial charge in [-0.25, -0.2) is 9.34 Å². The summed E-state index contributed by atoms with van der Waals surface area (Å²) in [4.78, 5) is 0. The molecule has 1 saturated heterocycles. The topological polar surface area (TPSA) is 23.6 Å². The minimum Gasteiger partial charge on any atom is -0.292 e. The molecule has 0 bridgehead atoms. The molecule has 2 aliphatic rings. The molecule has 26 heavy (non-hydrogen) atoms. The minimum absolute atomic E-state index is 0.196. The van der Waals surface area contributed by atoms with Crippen LogP contribution < -0.4 is 0 Å². The van der Waals surface area contributed by atoms with E-state index in [0.717, 1.165) is 12.8 Å². The molecule has 138 valence electrons. The van der Waals surface area contributed by atoms with Crippen molar-refractivity contribution in [3.8, 4) is 0 Å². The highest BCUT2D eigenvalue weighted by Gasteiger charge is 2.49. The van der Waals surface area contributed by atoms with E-state index in [1.807, 2.05) is 0 Å². The lowest BCUT2D eigenvalue weighted by atomic mass is 9.88. The molecule has 3 nitrogen and oxygen atoms in total. The zero-order valence-electron chi connectivity index (χ0n) is 15.7. The van der Waals surface area contributed by atoms with Crippen molar-refractivity contribution >= 4 is 8.10 Å². The first-order chi connectivity index (χ1) is 12.7. The van der Waals surface area contributed by atoms with Crippen molar-refractivity contribution in [3.63, 3.8) is 0 Å². The smallest absolute Gasteiger partial charge is 0.206 e. The van der Waals surface area contributed by atoms with Crippen LogP contribution in [0.1, 0.15) is 62.7 Å². The number of hydrogen-bond acceptors (Lipinski definition) is 1. The number of rotatable bonds is 4. The van der Waals surface area contributed by atoms with Gasteiger partial charge in [-0.3, -0.25) is 4.57 Å². The van der Waals surface area contributed by atoms with Gasteiger partial charge in [0, 0.05) is 24.2 Å². The summed E-state index contributed by atoms with van der Waals surface area (Å²) >= 11 is 0. The van der Waals surface area contributed by atoms with E-state index < -0.39 is 8.10 Å². The van der Waals surface area contributed by atoms with Crippen LogP contribution in [-0.4, -0.2) is 21.4 Å². The molecule has 0 N–H and O–H groups in total. The lowest BCUT2D eigenvalue weighted by molar-refractivity contribution is 0.166. The van der Waals surface area contributed by atoms with Crippen LogP contribution in [0.5, 0.6) is 0 Å². The fraction of sp³-hybridized carbons (Fsp3) is 0.455. The van der Waals surface area contributed by atoms with Crippen LogP contribution >= 0.6 is 8.10 Å². The maximum Gasteiger partial charge on any atom is 0.206 e. The Labute approximate surface area is 157 Å². The van der Waals surface area contributed by atoms with Gasteiger partial charge in [-0.05, 0) is 37.8 Å². The van der Waals surface area contributed by atoms with Gasteiger partial charge in [0.15, 0.2) is 0 Å². The SMILES string of the molecule is C[C@@H](c1ccccc1)N1[C@@H]2CCCC[C@H]2N([C@@H](C)c2ccccc2)[PH]1=O. The average Bonchev–Trinajstić information content (AvgIpc) is 3.00. The third-order valence-electron chi connectivity index (χ3n) is 6.25. The molecular weight excluding hydrogens is 339 g/mol. The van der Waals surface area contributed by atoms with E-state index >= 15 is 0 Å². The number of nitrogens with zero attached hydrogens (tertiary/aromatic N) is 2. The molecular formula is C22H29N2OP. The van der Waals surface area contributed by atoms with Crippen molar-refractivity contribution in [2.75, 3.05) is 0 Å². The summed E-state index contributed by atoms with van der Waals surface area (Å²) in [5.41, 5.74) is 2.54. The molecule has 1 heterocycles. The van der Waals surface area contributed by atoms with Crippen LogP contribution in [0.25, 0.3) is 0 Å². The van der Waals surface area contributed by atoms with Crippen molar-refractivity contribution < 1.29 is 4.57 Å². The molecule has 0 amide bonds. The molecule has 4 atom stereocenters. The molecule has 0 unspecified atom stereocenters. The quantitative estimate of drug-likeness (QED) is 0.635. The molecule has 0 radical (unpaired) electrons. The van der Waals surface area contributed by atoms with Crippen molar-refractivity contribution in [1.82, 2.24) is 9.34 Å². The van der Waals surface area contributed by atoms with E-state index in [1.54, 1.807) is 0 Å². The molecule has 1 aliphatic heterocycles. The lowest BCUT2D eigenvalue weighted by Gasteiger charge is -2.35. The van der Waals surface area contributed by atoms with Crippen molar-refractivity contribution in [2.45, 2.75) is 63.7 Å². The van der Waals surface area contributed by atoms with Crippen LogP contribution in [0.3, 0.4) is 0 Å². The number of hydrogen-bond donors (Lipinski definition) is 0. The van der Waals surface area contributed by atoms with Crippen LogP contribution in [0.4, 0.5) is 0 Å². The minimum atomic E-state index is -1.99. The Morgan fingerprint density at radius 3 is 1.54 bits per heavy atom. The molecule has 2 aromatic rings. The average molecular weight is 368 g/mol. The predicted molar refractivity (Wildman–Crippen MR) is 108 cm³/mol. The molecule has 0 spiro atoms. The van der Waals surface area contributed by atoms with E-state index in [2.05, 4.69) is 83.9 Å². The van der Waals surface area contributed by atoms with Gasteiger partial charge in [0.2, 0.25) is 8.10 Å². The molecule has 1 saturated carbocycles. The van der Waals surface area contributed by atoms with Gasteiger partial charge in [-0.1, -0.05) is 73.5 Å². The largest absolute Gasteiger partial charge is 0.292 e. The van der Waals surface area contributed by atoms with Crippen LogP contribution in [0, 0.1) is 0 Å². The van der Waals surface area contributed by atoms with E-state index in [-0.39, 0.29) is 12.1 Å². The predicted octanol–water partition coefficient (Wildman–Crippen LogP) is 5.83. The summed E-state index contributed by atoms with van der Waals surface area (Å²) in [5.74, 6) is 0. The zero-order valence-corrected chi connectivity index (χ0v) is 16.7. The maximum atomic E-state index is 13.7. The Bertz CT molecular complexity index is 688. The fourth-order valence-electron chi connectivity index (χ4n) is 4.85. The summed E-state index contributed by atoms with van der Waals surface area (Å²) in [6, 6.07) is 22.3. The first kappa shape index (κ1) is 18.0. The van der Waals surface area contributed by atoms with Crippen molar-refractivity contribution in [2.24, 2.45) is 0 Å². The van der Waals surface area contributed by atoms with Crippen molar-refractivity contribution in [1.29, 1.82) is 0 Å². The summed E-state index contributed by atoms with van der Waals surface area (Å²) in [7, 11) is -1.99. The fourth-order valence-corrected chi connectivity index (χ4v) is 7.24. The Kier molecular flexibility index (Phi) is 5.31. The Morgan fingerprint density at radius 2 is 1.15 bits per heavy atom. The summed E-state index contributed by atoms with van der Waals surface area (Å²) < 4.78 is 18.4. The molecule has 0 aromatic heterocycles. The normalized spacial score (nSPS) is 27.2. The van der Waals surface area contributed by atoms with Crippen LogP contribution in [0.2, 0.25) is 0 Å². The second-order valence-corrected chi connectivity index (χ2v) is 9.29.